The van der Waals surface area contributed by atoms with E-state index in [9.17, 15) is 14.4 Å². The number of rotatable bonds is 6. The summed E-state index contributed by atoms with van der Waals surface area (Å²) in [5.41, 5.74) is 12.3. The van der Waals surface area contributed by atoms with E-state index in [0.29, 0.717) is 44.0 Å². The fraction of sp³-hybridized carbons (Fsp3) is 0.520. The lowest BCUT2D eigenvalue weighted by Crippen LogP contribution is -2.58. The molecule has 36 heavy (non-hydrogen) atoms. The molecule has 1 saturated carbocycles. The predicted molar refractivity (Wildman–Crippen MR) is 138 cm³/mol. The molecule has 0 radical (unpaired) electrons. The SMILES string of the molecule is CC(C)(N)C(=O)N1CCN(C(=O)Nc2ccn(-c3ccc(CN[C@@H]4CC[C@H](N)C4)cc3)c(=O)n2)CC1. The van der Waals surface area contributed by atoms with Crippen LogP contribution < -0.4 is 27.8 Å². The minimum Gasteiger partial charge on any atom is -0.338 e. The molecule has 2 atom stereocenters. The summed E-state index contributed by atoms with van der Waals surface area (Å²) in [5, 5.41) is 6.21. The van der Waals surface area contributed by atoms with E-state index in [1.165, 1.54) is 4.57 Å². The third-order valence-corrected chi connectivity index (χ3v) is 6.73. The second-order valence-corrected chi connectivity index (χ2v) is 10.2. The Morgan fingerprint density at radius 1 is 1.06 bits per heavy atom. The Bertz CT molecular complexity index is 1130. The Morgan fingerprint density at radius 2 is 1.72 bits per heavy atom. The highest BCUT2D eigenvalue weighted by molar-refractivity contribution is 5.89. The van der Waals surface area contributed by atoms with Crippen LogP contribution in [0.1, 0.15) is 38.7 Å². The molecule has 1 aliphatic carbocycles. The highest BCUT2D eigenvalue weighted by Crippen LogP contribution is 2.18. The van der Waals surface area contributed by atoms with Gasteiger partial charge in [0.2, 0.25) is 5.91 Å². The molecule has 1 aliphatic heterocycles. The molecule has 6 N–H and O–H groups in total. The number of nitrogens with two attached hydrogens (primary N) is 2. The summed E-state index contributed by atoms with van der Waals surface area (Å²) in [7, 11) is 0. The Balaban J connectivity index is 1.31. The summed E-state index contributed by atoms with van der Waals surface area (Å²) >= 11 is 0. The van der Waals surface area contributed by atoms with Crippen LogP contribution in [0.15, 0.2) is 41.3 Å². The summed E-state index contributed by atoms with van der Waals surface area (Å²) < 4.78 is 1.43. The smallest absolute Gasteiger partial charge is 0.338 e. The van der Waals surface area contributed by atoms with Crippen LogP contribution in [0.25, 0.3) is 5.69 Å². The second-order valence-electron chi connectivity index (χ2n) is 10.2. The molecule has 1 aromatic heterocycles. The van der Waals surface area contributed by atoms with Crippen molar-refractivity contribution in [2.45, 2.75) is 57.3 Å². The number of carbonyl (C=O) groups is 2. The van der Waals surface area contributed by atoms with Gasteiger partial charge in [0.25, 0.3) is 0 Å². The van der Waals surface area contributed by atoms with E-state index in [2.05, 4.69) is 15.6 Å². The number of amides is 3. The number of nitrogens with one attached hydrogen (secondary N) is 2. The summed E-state index contributed by atoms with van der Waals surface area (Å²) in [6, 6.07) is 9.70. The van der Waals surface area contributed by atoms with Crippen molar-refractivity contribution in [1.29, 1.82) is 0 Å². The summed E-state index contributed by atoms with van der Waals surface area (Å²) in [5.74, 6) is 0.0362. The van der Waals surface area contributed by atoms with Crippen LogP contribution in [-0.4, -0.2) is 75.1 Å². The van der Waals surface area contributed by atoms with E-state index in [-0.39, 0.29) is 17.8 Å². The van der Waals surface area contributed by atoms with Crippen LogP contribution in [0.3, 0.4) is 0 Å². The maximum Gasteiger partial charge on any atom is 0.354 e. The number of benzene rings is 1. The fourth-order valence-electron chi connectivity index (χ4n) is 4.62. The van der Waals surface area contributed by atoms with Crippen molar-refractivity contribution in [3.63, 3.8) is 0 Å². The Morgan fingerprint density at radius 3 is 2.31 bits per heavy atom. The number of piperazine rings is 1. The Kier molecular flexibility index (Phi) is 7.72. The van der Waals surface area contributed by atoms with Gasteiger partial charge in [0.15, 0.2) is 0 Å². The maximum atomic E-state index is 12.6. The lowest BCUT2D eigenvalue weighted by atomic mass is 10.1. The molecular weight excluding hydrogens is 460 g/mol. The van der Waals surface area contributed by atoms with Crippen molar-refractivity contribution in [3.05, 3.63) is 52.6 Å². The molecule has 11 heteroatoms. The van der Waals surface area contributed by atoms with Crippen LogP contribution in [0.5, 0.6) is 0 Å². The largest absolute Gasteiger partial charge is 0.354 e. The third kappa shape index (κ3) is 6.28. The van der Waals surface area contributed by atoms with Crippen molar-refractivity contribution in [2.24, 2.45) is 11.5 Å². The lowest BCUT2D eigenvalue weighted by Gasteiger charge is -2.37. The molecular formula is C25H36N8O3. The minimum atomic E-state index is -0.945. The lowest BCUT2D eigenvalue weighted by molar-refractivity contribution is -0.137. The Labute approximate surface area is 210 Å². The molecule has 3 amide bonds. The number of anilines is 1. The van der Waals surface area contributed by atoms with E-state index in [1.54, 1.807) is 35.9 Å². The first-order valence-electron chi connectivity index (χ1n) is 12.4. The normalized spacial score (nSPS) is 20.4. The summed E-state index contributed by atoms with van der Waals surface area (Å²) in [4.78, 5) is 44.9. The first-order chi connectivity index (χ1) is 17.1. The van der Waals surface area contributed by atoms with E-state index >= 15 is 0 Å². The van der Waals surface area contributed by atoms with Gasteiger partial charge in [-0.15, -0.1) is 0 Å². The number of aromatic nitrogens is 2. The number of nitrogens with zero attached hydrogens (tertiary/aromatic N) is 4. The molecule has 0 unspecified atom stereocenters. The van der Waals surface area contributed by atoms with Crippen LogP contribution in [0, 0.1) is 0 Å². The Hall–Kier alpha value is -3.28. The number of hydrogen-bond donors (Lipinski definition) is 4. The van der Waals surface area contributed by atoms with Gasteiger partial charge in [0, 0.05) is 51.0 Å². The third-order valence-electron chi connectivity index (χ3n) is 6.73. The average Bonchev–Trinajstić information content (AvgIpc) is 3.27. The molecule has 2 aliphatic rings. The van der Waals surface area contributed by atoms with Crippen molar-refractivity contribution >= 4 is 17.8 Å². The first-order valence-corrected chi connectivity index (χ1v) is 12.4. The van der Waals surface area contributed by atoms with Crippen molar-refractivity contribution in [2.75, 3.05) is 31.5 Å². The molecule has 11 nitrogen and oxygen atoms in total. The van der Waals surface area contributed by atoms with Crippen LogP contribution in [-0.2, 0) is 11.3 Å². The van der Waals surface area contributed by atoms with E-state index in [4.69, 9.17) is 11.5 Å². The maximum absolute atomic E-state index is 12.6. The molecule has 2 heterocycles. The molecule has 4 rings (SSSR count). The summed E-state index contributed by atoms with van der Waals surface area (Å²) in [6.07, 6.45) is 4.77. The van der Waals surface area contributed by atoms with Crippen LogP contribution in [0.2, 0.25) is 0 Å². The van der Waals surface area contributed by atoms with Gasteiger partial charge in [-0.3, -0.25) is 14.7 Å². The van der Waals surface area contributed by atoms with Gasteiger partial charge < -0.3 is 26.6 Å². The number of urea groups is 1. The monoisotopic (exact) mass is 496 g/mol. The molecule has 2 fully saturated rings. The van der Waals surface area contributed by atoms with E-state index < -0.39 is 11.2 Å². The molecule has 1 saturated heterocycles. The predicted octanol–water partition coefficient (Wildman–Crippen LogP) is 0.615. The van der Waals surface area contributed by atoms with Gasteiger partial charge in [-0.1, -0.05) is 12.1 Å². The molecule has 0 spiro atoms. The standard InChI is InChI=1S/C25H36N8O3/c1-25(2,27)22(34)31-11-13-32(14-12-31)23(35)29-21-9-10-33(24(36)30-21)20-7-3-17(4-8-20)16-28-19-6-5-18(26)15-19/h3-4,7-10,18-19,28H,5-6,11-16,26-27H2,1-2H3,(H,29,30,35,36)/t18-,19+/m0/s1. The second kappa shape index (κ2) is 10.8. The van der Waals surface area contributed by atoms with Gasteiger partial charge in [-0.2, -0.15) is 4.98 Å². The van der Waals surface area contributed by atoms with Gasteiger partial charge in [0.1, 0.15) is 5.82 Å². The number of carbonyl (C=O) groups excluding carboxylic acids is 2. The molecule has 2 aromatic rings. The quantitative estimate of drug-likeness (QED) is 0.457. The highest BCUT2D eigenvalue weighted by atomic mass is 16.2. The van der Waals surface area contributed by atoms with Gasteiger partial charge in [0.05, 0.1) is 11.2 Å². The zero-order valence-corrected chi connectivity index (χ0v) is 20.9. The zero-order chi connectivity index (χ0) is 25.9. The van der Waals surface area contributed by atoms with Crippen molar-refractivity contribution in [3.8, 4) is 5.69 Å². The number of hydrogen-bond acceptors (Lipinski definition) is 7. The van der Waals surface area contributed by atoms with E-state index in [0.717, 1.165) is 31.4 Å². The first kappa shape index (κ1) is 25.8. The fourth-order valence-corrected chi connectivity index (χ4v) is 4.62. The van der Waals surface area contributed by atoms with Crippen LogP contribution in [0.4, 0.5) is 10.6 Å². The van der Waals surface area contributed by atoms with Gasteiger partial charge in [-0.25, -0.2) is 9.59 Å². The van der Waals surface area contributed by atoms with Crippen molar-refractivity contribution < 1.29 is 9.59 Å². The van der Waals surface area contributed by atoms with Crippen molar-refractivity contribution in [1.82, 2.24) is 24.7 Å². The molecule has 1 aromatic carbocycles. The van der Waals surface area contributed by atoms with Gasteiger partial charge in [-0.05, 0) is 56.9 Å². The average molecular weight is 497 g/mol. The highest BCUT2D eigenvalue weighted by Gasteiger charge is 2.31. The molecule has 194 valence electrons. The van der Waals surface area contributed by atoms with Gasteiger partial charge >= 0.3 is 11.7 Å². The van der Waals surface area contributed by atoms with Crippen LogP contribution >= 0.6 is 0 Å². The van der Waals surface area contributed by atoms with E-state index in [1.807, 2.05) is 24.3 Å². The zero-order valence-electron chi connectivity index (χ0n) is 20.9. The minimum absolute atomic E-state index is 0.143. The topological polar surface area (TPSA) is 152 Å². The summed E-state index contributed by atoms with van der Waals surface area (Å²) in [6.45, 7) is 5.65. The molecule has 0 bridgehead atoms.